The van der Waals surface area contributed by atoms with Crippen molar-refractivity contribution in [1.82, 2.24) is 5.43 Å². The van der Waals surface area contributed by atoms with Gasteiger partial charge < -0.3 is 14.9 Å². The minimum atomic E-state index is -1.22. The quantitative estimate of drug-likeness (QED) is 0.357. The Morgan fingerprint density at radius 1 is 1.24 bits per heavy atom. The van der Waals surface area contributed by atoms with Crippen molar-refractivity contribution in [2.45, 2.75) is 31.5 Å². The van der Waals surface area contributed by atoms with E-state index < -0.39 is 18.1 Å². The number of hydrogen-bond donors (Lipinski definition) is 3. The topological polar surface area (TPSA) is 78.8 Å². The molecule has 0 spiro atoms. The maximum absolute atomic E-state index is 12.6. The van der Waals surface area contributed by atoms with E-state index in [9.17, 15) is 15.0 Å². The molecule has 0 radical (unpaired) electrons. The van der Waals surface area contributed by atoms with E-state index in [1.807, 2.05) is 6.07 Å². The third kappa shape index (κ3) is 5.93. The van der Waals surface area contributed by atoms with Crippen molar-refractivity contribution in [3.8, 4) is 0 Å². The van der Waals surface area contributed by atoms with Crippen LogP contribution in [0.15, 0.2) is 43.0 Å². The Morgan fingerprint density at radius 2 is 1.92 bits per heavy atom. The van der Waals surface area contributed by atoms with Crippen LogP contribution in [0.25, 0.3) is 0 Å². The molecule has 138 valence electrons. The van der Waals surface area contributed by atoms with Crippen LogP contribution in [0.4, 0.5) is 0 Å². The molecule has 1 aromatic rings. The van der Waals surface area contributed by atoms with Crippen LogP contribution in [0.2, 0.25) is 0 Å². The summed E-state index contributed by atoms with van der Waals surface area (Å²) in [4.78, 5) is 12.6. The van der Waals surface area contributed by atoms with Gasteiger partial charge in [-0.15, -0.1) is 6.58 Å². The van der Waals surface area contributed by atoms with Crippen molar-refractivity contribution in [2.75, 3.05) is 32.8 Å². The summed E-state index contributed by atoms with van der Waals surface area (Å²) in [5, 5.41) is 20.6. The van der Waals surface area contributed by atoms with Gasteiger partial charge in [-0.05, 0) is 24.8 Å². The Balaban J connectivity index is 2.01. The molecule has 0 bridgehead atoms. The van der Waals surface area contributed by atoms with E-state index in [2.05, 4.69) is 12.0 Å². The number of likely N-dealkylation sites (tertiary alicyclic amines) is 1. The first kappa shape index (κ1) is 19.6. The molecule has 0 aromatic heterocycles. The van der Waals surface area contributed by atoms with Gasteiger partial charge in [-0.1, -0.05) is 36.4 Å². The first-order chi connectivity index (χ1) is 12.1. The van der Waals surface area contributed by atoms with Gasteiger partial charge in [-0.3, -0.25) is 4.79 Å². The number of hydrogen-bond acceptors (Lipinski definition) is 4. The molecule has 1 saturated heterocycles. The number of ether oxygens (including phenoxy) is 1. The van der Waals surface area contributed by atoms with Crippen molar-refractivity contribution in [2.24, 2.45) is 0 Å². The molecule has 0 saturated carbocycles. The third-order valence-corrected chi connectivity index (χ3v) is 4.49. The number of benzene rings is 1. The molecule has 2 unspecified atom stereocenters. The highest BCUT2D eigenvalue weighted by Crippen LogP contribution is 2.19. The number of quaternary nitrogens is 1. The molecule has 6 nitrogen and oxygen atoms in total. The summed E-state index contributed by atoms with van der Waals surface area (Å²) in [6.45, 7) is 6.01. The molecular weight excluding hydrogens is 320 g/mol. The van der Waals surface area contributed by atoms with E-state index in [0.29, 0.717) is 18.7 Å². The largest absolute Gasteiger partial charge is 0.385 e. The maximum atomic E-state index is 12.6. The minimum Gasteiger partial charge on any atom is -0.385 e. The van der Waals surface area contributed by atoms with E-state index >= 15 is 0 Å². The second-order valence-corrected chi connectivity index (χ2v) is 6.60. The van der Waals surface area contributed by atoms with E-state index in [-0.39, 0.29) is 11.2 Å². The van der Waals surface area contributed by atoms with E-state index in [4.69, 9.17) is 4.74 Å². The number of carbonyl (C=O) groups excluding carboxylic acids is 1. The lowest BCUT2D eigenvalue weighted by Gasteiger charge is -2.41. The summed E-state index contributed by atoms with van der Waals surface area (Å²) in [6, 6.07) is 8.87. The molecule has 1 aliphatic rings. The molecule has 1 aromatic carbocycles. The van der Waals surface area contributed by atoms with Gasteiger partial charge in [0.2, 0.25) is 0 Å². The fourth-order valence-corrected chi connectivity index (χ4v) is 3.28. The molecule has 2 rings (SSSR count). The van der Waals surface area contributed by atoms with Crippen LogP contribution in [-0.4, -0.2) is 59.7 Å². The molecule has 1 heterocycles. The zero-order valence-electron chi connectivity index (χ0n) is 14.6. The van der Waals surface area contributed by atoms with Crippen LogP contribution < -0.4 is 5.43 Å². The summed E-state index contributed by atoms with van der Waals surface area (Å²) < 4.78 is 5.59. The Hall–Kier alpha value is -1.73. The highest BCUT2D eigenvalue weighted by atomic mass is 16.5. The molecule has 25 heavy (non-hydrogen) atoms. The number of aliphatic hydroxyl groups is 2. The summed E-state index contributed by atoms with van der Waals surface area (Å²) in [7, 11) is 0. The van der Waals surface area contributed by atoms with Gasteiger partial charge in [-0.2, -0.15) is 5.43 Å². The Labute approximate surface area is 149 Å². The Bertz CT molecular complexity index is 544. The number of nitrogens with one attached hydrogen (secondary N) is 1. The zero-order chi connectivity index (χ0) is 18.1. The second-order valence-electron chi connectivity index (χ2n) is 6.60. The average molecular weight is 349 g/mol. The van der Waals surface area contributed by atoms with Crippen molar-refractivity contribution in [3.63, 3.8) is 0 Å². The van der Waals surface area contributed by atoms with Crippen molar-refractivity contribution in [3.05, 3.63) is 48.6 Å². The lowest BCUT2D eigenvalue weighted by Crippen LogP contribution is -2.65. The SMILES string of the molecule is C=CCOCC(O)C[N+]1(NC(=O)C(O)c2ccccc2)CCCCC1. The number of nitrogens with zero attached hydrogens (tertiary/aromatic N) is 1. The standard InChI is InChI=1S/C19H28N2O4/c1-2-13-25-15-17(22)14-21(11-7-4-8-12-21)20-19(24)18(23)16-9-5-3-6-10-16/h2-3,5-6,9-10,17-18,22-23H,1,4,7-8,11-15H2/p+1. The van der Waals surface area contributed by atoms with Crippen molar-refractivity contribution < 1.29 is 24.3 Å². The molecule has 1 fully saturated rings. The fourth-order valence-electron chi connectivity index (χ4n) is 3.28. The summed E-state index contributed by atoms with van der Waals surface area (Å²) >= 11 is 0. The van der Waals surface area contributed by atoms with Crippen molar-refractivity contribution in [1.29, 1.82) is 0 Å². The van der Waals surface area contributed by atoms with Crippen LogP contribution in [0.1, 0.15) is 30.9 Å². The number of amides is 1. The molecule has 1 amide bonds. The van der Waals surface area contributed by atoms with Crippen molar-refractivity contribution >= 4 is 5.91 Å². The number of carbonyl (C=O) groups is 1. The maximum Gasteiger partial charge on any atom is 0.298 e. The Morgan fingerprint density at radius 3 is 2.56 bits per heavy atom. The van der Waals surface area contributed by atoms with E-state index in [1.165, 1.54) is 0 Å². The minimum absolute atomic E-state index is 0.198. The van der Waals surface area contributed by atoms with Crippen LogP contribution in [0, 0.1) is 0 Å². The monoisotopic (exact) mass is 349 g/mol. The van der Waals surface area contributed by atoms with Crippen LogP contribution in [0.5, 0.6) is 0 Å². The number of aliphatic hydroxyl groups excluding tert-OH is 2. The smallest absolute Gasteiger partial charge is 0.298 e. The normalized spacial score (nSPS) is 19.0. The van der Waals surface area contributed by atoms with Gasteiger partial charge in [0.15, 0.2) is 6.10 Å². The Kier molecular flexibility index (Phi) is 7.58. The molecular formula is C19H29N2O4+. The molecule has 0 aliphatic carbocycles. The zero-order valence-corrected chi connectivity index (χ0v) is 14.6. The highest BCUT2D eigenvalue weighted by molar-refractivity contribution is 5.80. The average Bonchev–Trinajstić information content (AvgIpc) is 2.62. The van der Waals surface area contributed by atoms with Crippen LogP contribution >= 0.6 is 0 Å². The van der Waals surface area contributed by atoms with Gasteiger partial charge >= 0.3 is 0 Å². The van der Waals surface area contributed by atoms with Crippen LogP contribution in [-0.2, 0) is 9.53 Å². The predicted molar refractivity (Wildman–Crippen MR) is 95.3 cm³/mol. The van der Waals surface area contributed by atoms with E-state index in [0.717, 1.165) is 32.4 Å². The lowest BCUT2D eigenvalue weighted by atomic mass is 10.1. The fraction of sp³-hybridized carbons (Fsp3) is 0.526. The first-order valence-electron chi connectivity index (χ1n) is 8.84. The molecule has 3 N–H and O–H groups in total. The predicted octanol–water partition coefficient (Wildman–Crippen LogP) is 1.32. The van der Waals surface area contributed by atoms with Crippen LogP contribution in [0.3, 0.4) is 0 Å². The first-order valence-corrected chi connectivity index (χ1v) is 8.84. The van der Waals surface area contributed by atoms with Gasteiger partial charge in [0.1, 0.15) is 25.7 Å². The number of rotatable bonds is 9. The molecule has 2 atom stereocenters. The van der Waals surface area contributed by atoms with E-state index in [1.54, 1.807) is 30.3 Å². The molecule has 6 heteroatoms. The van der Waals surface area contributed by atoms with Gasteiger partial charge in [0.05, 0.1) is 13.2 Å². The molecule has 1 aliphatic heterocycles. The third-order valence-electron chi connectivity index (χ3n) is 4.49. The second kappa shape index (κ2) is 9.68. The summed E-state index contributed by atoms with van der Waals surface area (Å²) in [6.07, 6.45) is 2.79. The lowest BCUT2D eigenvalue weighted by molar-refractivity contribution is -0.968. The van der Waals surface area contributed by atoms with Gasteiger partial charge in [-0.25, -0.2) is 4.59 Å². The number of piperidine rings is 1. The summed E-state index contributed by atoms with van der Waals surface area (Å²) in [5.41, 5.74) is 3.53. The van der Waals surface area contributed by atoms with Gasteiger partial charge in [0, 0.05) is 0 Å². The van der Waals surface area contributed by atoms with Gasteiger partial charge in [0.25, 0.3) is 5.91 Å². The summed E-state index contributed by atoms with van der Waals surface area (Å²) in [5.74, 6) is -0.438. The highest BCUT2D eigenvalue weighted by Gasteiger charge is 2.36.